The van der Waals surface area contributed by atoms with E-state index in [0.717, 1.165) is 0 Å². The van der Waals surface area contributed by atoms with Crippen LogP contribution >= 0.6 is 0 Å². The number of hydrogen-bond donors (Lipinski definition) is 2. The van der Waals surface area contributed by atoms with Crippen LogP contribution in [-0.2, 0) is 6.54 Å². The maximum absolute atomic E-state index is 14.3. The van der Waals surface area contributed by atoms with Crippen molar-refractivity contribution in [2.24, 2.45) is 5.73 Å². The summed E-state index contributed by atoms with van der Waals surface area (Å²) in [4.78, 5) is 2.34. The highest BCUT2D eigenvalue weighted by molar-refractivity contribution is 5.95. The second-order valence-electron chi connectivity index (χ2n) is 5.49. The number of likely N-dealkylation sites (tertiary alicyclic amines) is 1. The number of halogens is 1. The molecule has 1 fully saturated rings. The molecule has 3 nitrogen and oxygen atoms in total. The van der Waals surface area contributed by atoms with Gasteiger partial charge in [0.2, 0.25) is 0 Å². The number of nitrogen functional groups attached to an aromatic ring is 1. The quantitative estimate of drug-likeness (QED) is 0.651. The van der Waals surface area contributed by atoms with Gasteiger partial charge in [0.25, 0.3) is 0 Å². The van der Waals surface area contributed by atoms with E-state index in [0.29, 0.717) is 24.2 Å². The minimum Gasteiger partial charge on any atom is -0.384 e. The fraction of sp³-hybridized carbons (Fsp3) is 0.533. The fourth-order valence-electron chi connectivity index (χ4n) is 2.89. The molecule has 1 aliphatic rings. The molecule has 1 aromatic rings. The van der Waals surface area contributed by atoms with Gasteiger partial charge < -0.3 is 5.73 Å². The van der Waals surface area contributed by atoms with Crippen molar-refractivity contribution in [3.8, 4) is 0 Å². The highest BCUT2D eigenvalue weighted by Gasteiger charge is 2.25. The average molecular weight is 263 g/mol. The summed E-state index contributed by atoms with van der Waals surface area (Å²) >= 11 is 0. The molecule has 104 valence electrons. The summed E-state index contributed by atoms with van der Waals surface area (Å²) in [5, 5.41) is 7.40. The lowest BCUT2D eigenvalue weighted by Gasteiger charge is -2.39. The molecular weight excluding hydrogens is 241 g/mol. The molecule has 0 aliphatic carbocycles. The number of nitrogens with two attached hydrogens (primary N) is 1. The number of nitrogens with zero attached hydrogens (tertiary/aromatic N) is 1. The molecule has 0 radical (unpaired) electrons. The third-order valence-corrected chi connectivity index (χ3v) is 4.10. The van der Waals surface area contributed by atoms with Crippen LogP contribution in [0.25, 0.3) is 0 Å². The highest BCUT2D eigenvalue weighted by Crippen LogP contribution is 2.25. The van der Waals surface area contributed by atoms with Crippen LogP contribution in [0.4, 0.5) is 4.39 Å². The maximum atomic E-state index is 14.3. The molecule has 0 saturated carbocycles. The first-order valence-corrected chi connectivity index (χ1v) is 6.88. The molecule has 1 saturated heterocycles. The molecule has 3 N–H and O–H groups in total. The zero-order valence-electron chi connectivity index (χ0n) is 11.6. The van der Waals surface area contributed by atoms with Crippen molar-refractivity contribution in [3.05, 3.63) is 35.1 Å². The van der Waals surface area contributed by atoms with Crippen LogP contribution in [0.15, 0.2) is 18.2 Å². The summed E-state index contributed by atoms with van der Waals surface area (Å²) in [5.74, 6) is -0.556. The second-order valence-corrected chi connectivity index (χ2v) is 5.49. The van der Waals surface area contributed by atoms with Crippen LogP contribution in [0.3, 0.4) is 0 Å². The van der Waals surface area contributed by atoms with Crippen molar-refractivity contribution in [1.29, 1.82) is 5.41 Å². The third-order valence-electron chi connectivity index (χ3n) is 4.10. The Bertz CT molecular complexity index is 462. The van der Waals surface area contributed by atoms with Gasteiger partial charge in [0.05, 0.1) is 5.56 Å². The molecule has 1 aliphatic heterocycles. The predicted molar refractivity (Wildman–Crippen MR) is 75.7 cm³/mol. The first-order valence-electron chi connectivity index (χ1n) is 6.88. The Morgan fingerprint density at radius 1 is 1.37 bits per heavy atom. The zero-order valence-corrected chi connectivity index (χ0v) is 11.6. The van der Waals surface area contributed by atoms with Crippen molar-refractivity contribution >= 4 is 5.84 Å². The van der Waals surface area contributed by atoms with Gasteiger partial charge in [-0.15, -0.1) is 0 Å². The van der Waals surface area contributed by atoms with E-state index < -0.39 is 0 Å². The molecule has 0 unspecified atom stereocenters. The molecular formula is C15H22FN3. The van der Waals surface area contributed by atoms with Crippen LogP contribution in [0, 0.1) is 11.2 Å². The summed E-state index contributed by atoms with van der Waals surface area (Å²) in [6, 6.07) is 6.07. The standard InChI is InChI=1S/C15H22FN3/c1-10-5-3-6-11(2)19(10)9-12-7-4-8-13(14(12)16)15(17)18/h4,7-8,10-11H,3,5-6,9H2,1-2H3,(H3,17,18)/t10-,11+. The van der Waals surface area contributed by atoms with E-state index in [1.165, 1.54) is 19.3 Å². The van der Waals surface area contributed by atoms with Crippen molar-refractivity contribution in [3.63, 3.8) is 0 Å². The van der Waals surface area contributed by atoms with E-state index in [1.807, 2.05) is 0 Å². The van der Waals surface area contributed by atoms with Gasteiger partial charge in [-0.2, -0.15) is 0 Å². The van der Waals surface area contributed by atoms with Gasteiger partial charge in [0.15, 0.2) is 0 Å². The van der Waals surface area contributed by atoms with Crippen molar-refractivity contribution in [2.75, 3.05) is 0 Å². The molecule has 0 amide bonds. The van der Waals surface area contributed by atoms with Crippen LogP contribution in [0.2, 0.25) is 0 Å². The van der Waals surface area contributed by atoms with Gasteiger partial charge in [-0.25, -0.2) is 4.39 Å². The van der Waals surface area contributed by atoms with Crippen LogP contribution in [0.1, 0.15) is 44.2 Å². The lowest BCUT2D eigenvalue weighted by atomic mass is 9.96. The molecule has 19 heavy (non-hydrogen) atoms. The summed E-state index contributed by atoms with van der Waals surface area (Å²) in [7, 11) is 0. The van der Waals surface area contributed by atoms with E-state index in [2.05, 4.69) is 18.7 Å². The smallest absolute Gasteiger partial charge is 0.138 e. The van der Waals surface area contributed by atoms with Crippen molar-refractivity contribution in [2.45, 2.75) is 51.7 Å². The summed E-state index contributed by atoms with van der Waals surface area (Å²) in [6.45, 7) is 4.99. The monoisotopic (exact) mass is 263 g/mol. The Morgan fingerprint density at radius 3 is 2.58 bits per heavy atom. The number of piperidine rings is 1. The Morgan fingerprint density at radius 2 is 2.00 bits per heavy atom. The number of amidine groups is 1. The predicted octanol–water partition coefficient (Wildman–Crippen LogP) is 2.87. The molecule has 1 heterocycles. The van der Waals surface area contributed by atoms with Gasteiger partial charge in [-0.05, 0) is 32.8 Å². The highest BCUT2D eigenvalue weighted by atomic mass is 19.1. The lowest BCUT2D eigenvalue weighted by Crippen LogP contribution is -2.43. The lowest BCUT2D eigenvalue weighted by molar-refractivity contribution is 0.0940. The molecule has 0 aromatic heterocycles. The van der Waals surface area contributed by atoms with E-state index in [9.17, 15) is 4.39 Å². The van der Waals surface area contributed by atoms with E-state index in [4.69, 9.17) is 11.1 Å². The van der Waals surface area contributed by atoms with E-state index in [-0.39, 0.29) is 17.2 Å². The molecule has 0 spiro atoms. The minimum absolute atomic E-state index is 0.204. The SMILES string of the molecule is C[C@@H]1CCC[C@H](C)N1Cc1cccc(C(=N)N)c1F. The average Bonchev–Trinajstić information content (AvgIpc) is 2.35. The summed E-state index contributed by atoms with van der Waals surface area (Å²) in [5.41, 5.74) is 6.24. The number of hydrogen-bond acceptors (Lipinski definition) is 2. The Hall–Kier alpha value is -1.42. The Kier molecular flexibility index (Phi) is 4.20. The molecule has 4 heteroatoms. The topological polar surface area (TPSA) is 53.1 Å². The fourth-order valence-corrected chi connectivity index (χ4v) is 2.89. The maximum Gasteiger partial charge on any atom is 0.138 e. The molecule has 2 rings (SSSR count). The normalized spacial score (nSPS) is 24.4. The first-order chi connectivity index (χ1) is 9.00. The van der Waals surface area contributed by atoms with Gasteiger partial charge in [-0.1, -0.05) is 18.6 Å². The van der Waals surface area contributed by atoms with Crippen LogP contribution in [0.5, 0.6) is 0 Å². The van der Waals surface area contributed by atoms with E-state index in [1.54, 1.807) is 18.2 Å². The molecule has 1 aromatic carbocycles. The number of nitrogens with one attached hydrogen (secondary N) is 1. The third kappa shape index (κ3) is 2.95. The van der Waals surface area contributed by atoms with Crippen LogP contribution < -0.4 is 5.73 Å². The van der Waals surface area contributed by atoms with Crippen molar-refractivity contribution in [1.82, 2.24) is 4.90 Å². The zero-order chi connectivity index (χ0) is 14.0. The van der Waals surface area contributed by atoms with E-state index >= 15 is 0 Å². The van der Waals surface area contributed by atoms with Gasteiger partial charge in [0.1, 0.15) is 11.7 Å². The Balaban J connectivity index is 2.23. The van der Waals surface area contributed by atoms with Crippen LogP contribution in [-0.4, -0.2) is 22.8 Å². The first kappa shape index (κ1) is 14.0. The van der Waals surface area contributed by atoms with Gasteiger partial charge in [-0.3, -0.25) is 10.3 Å². The summed E-state index contributed by atoms with van der Waals surface area (Å²) in [6.07, 6.45) is 3.57. The van der Waals surface area contributed by atoms with Crippen molar-refractivity contribution < 1.29 is 4.39 Å². The molecule has 2 atom stereocenters. The summed E-state index contributed by atoms with van der Waals surface area (Å²) < 4.78 is 14.3. The number of rotatable bonds is 3. The number of benzene rings is 1. The van der Waals surface area contributed by atoms with Gasteiger partial charge >= 0.3 is 0 Å². The van der Waals surface area contributed by atoms with Gasteiger partial charge in [0, 0.05) is 24.2 Å². The largest absolute Gasteiger partial charge is 0.384 e. The Labute approximate surface area is 114 Å². The molecule has 0 bridgehead atoms. The minimum atomic E-state index is -0.347. The second kappa shape index (κ2) is 5.70.